The van der Waals surface area contributed by atoms with Crippen LogP contribution in [0.2, 0.25) is 0 Å². The van der Waals surface area contributed by atoms with E-state index in [0.717, 1.165) is 18.4 Å². The molecule has 0 aromatic heterocycles. The van der Waals surface area contributed by atoms with Crippen molar-refractivity contribution in [2.75, 3.05) is 26.2 Å². The van der Waals surface area contributed by atoms with E-state index in [1.807, 2.05) is 0 Å². The number of nitrogens with zero attached hydrogens (tertiary/aromatic N) is 1. The molecule has 1 aliphatic carbocycles. The fourth-order valence-corrected chi connectivity index (χ4v) is 3.68. The molecule has 1 N–H and O–H groups in total. The Balaban J connectivity index is 2.65. The Kier molecular flexibility index (Phi) is 8.26. The van der Waals surface area contributed by atoms with Gasteiger partial charge in [0.05, 0.1) is 0 Å². The van der Waals surface area contributed by atoms with E-state index in [0.29, 0.717) is 11.5 Å². The zero-order chi connectivity index (χ0) is 15.9. The largest absolute Gasteiger partial charge is 0.316 e. The number of hydrogen-bond acceptors (Lipinski definition) is 2. The molecule has 21 heavy (non-hydrogen) atoms. The molecule has 0 saturated heterocycles. The first-order valence-corrected chi connectivity index (χ1v) is 9.29. The standard InChI is InChI=1S/C19H40N2/c1-16(2)12-20-14-19(10-8-7-9-11-19)15-21(18(5)6)13-17(3)4/h16-18,20H,7-15H2,1-6H3. The Morgan fingerprint density at radius 3 is 2.00 bits per heavy atom. The third-order valence-corrected chi connectivity index (χ3v) is 4.84. The van der Waals surface area contributed by atoms with Gasteiger partial charge in [-0.05, 0) is 50.5 Å². The van der Waals surface area contributed by atoms with Crippen molar-refractivity contribution in [3.8, 4) is 0 Å². The van der Waals surface area contributed by atoms with Gasteiger partial charge in [0.25, 0.3) is 0 Å². The smallest absolute Gasteiger partial charge is 0.00530 e. The Labute approximate surface area is 134 Å². The summed E-state index contributed by atoms with van der Waals surface area (Å²) in [5, 5.41) is 3.77. The molecule has 0 amide bonds. The van der Waals surface area contributed by atoms with Gasteiger partial charge in [0.1, 0.15) is 0 Å². The molecule has 0 heterocycles. The maximum Gasteiger partial charge on any atom is 0.00530 e. The Morgan fingerprint density at radius 1 is 0.905 bits per heavy atom. The van der Waals surface area contributed by atoms with E-state index in [1.165, 1.54) is 51.7 Å². The lowest BCUT2D eigenvalue weighted by molar-refractivity contribution is 0.0749. The van der Waals surface area contributed by atoms with Crippen LogP contribution in [0, 0.1) is 17.3 Å². The van der Waals surface area contributed by atoms with Crippen molar-refractivity contribution in [3.63, 3.8) is 0 Å². The lowest BCUT2D eigenvalue weighted by atomic mass is 9.73. The van der Waals surface area contributed by atoms with Gasteiger partial charge in [-0.25, -0.2) is 0 Å². The second kappa shape index (κ2) is 9.15. The van der Waals surface area contributed by atoms with E-state index in [-0.39, 0.29) is 0 Å². The van der Waals surface area contributed by atoms with Gasteiger partial charge in [-0.3, -0.25) is 0 Å². The quantitative estimate of drug-likeness (QED) is 0.671. The predicted molar refractivity (Wildman–Crippen MR) is 94.8 cm³/mol. The van der Waals surface area contributed by atoms with Gasteiger partial charge in [-0.15, -0.1) is 0 Å². The highest BCUT2D eigenvalue weighted by Crippen LogP contribution is 2.37. The van der Waals surface area contributed by atoms with E-state index < -0.39 is 0 Å². The summed E-state index contributed by atoms with van der Waals surface area (Å²) in [5.74, 6) is 1.51. The van der Waals surface area contributed by atoms with Crippen LogP contribution in [0.25, 0.3) is 0 Å². The van der Waals surface area contributed by atoms with Crippen LogP contribution in [-0.4, -0.2) is 37.1 Å². The molecule has 1 rings (SSSR count). The molecular formula is C19H40N2. The van der Waals surface area contributed by atoms with Gasteiger partial charge in [0, 0.05) is 25.7 Å². The van der Waals surface area contributed by atoms with Gasteiger partial charge in [-0.1, -0.05) is 47.0 Å². The fraction of sp³-hybridized carbons (Fsp3) is 1.00. The molecule has 1 aliphatic rings. The zero-order valence-corrected chi connectivity index (χ0v) is 15.5. The van der Waals surface area contributed by atoms with Crippen LogP contribution < -0.4 is 5.32 Å². The predicted octanol–water partition coefficient (Wildman–Crippen LogP) is 4.55. The highest BCUT2D eigenvalue weighted by atomic mass is 15.2. The van der Waals surface area contributed by atoms with Crippen molar-refractivity contribution in [1.29, 1.82) is 0 Å². The number of nitrogens with one attached hydrogen (secondary N) is 1. The highest BCUT2D eigenvalue weighted by Gasteiger charge is 2.34. The number of rotatable bonds is 9. The van der Waals surface area contributed by atoms with Crippen LogP contribution in [0.15, 0.2) is 0 Å². The maximum atomic E-state index is 3.77. The highest BCUT2D eigenvalue weighted by molar-refractivity contribution is 4.89. The molecule has 2 heteroatoms. The van der Waals surface area contributed by atoms with Gasteiger partial charge in [0.15, 0.2) is 0 Å². The molecule has 2 nitrogen and oxygen atoms in total. The first kappa shape index (κ1) is 19.0. The topological polar surface area (TPSA) is 15.3 Å². The SMILES string of the molecule is CC(C)CNCC1(CN(CC(C)C)C(C)C)CCCCC1. The Morgan fingerprint density at radius 2 is 1.52 bits per heavy atom. The summed E-state index contributed by atoms with van der Waals surface area (Å²) in [6.45, 7) is 18.9. The van der Waals surface area contributed by atoms with Gasteiger partial charge >= 0.3 is 0 Å². The summed E-state index contributed by atoms with van der Waals surface area (Å²) in [6, 6.07) is 0.663. The molecule has 1 saturated carbocycles. The monoisotopic (exact) mass is 296 g/mol. The average Bonchev–Trinajstić information content (AvgIpc) is 2.38. The third-order valence-electron chi connectivity index (χ3n) is 4.84. The Hall–Kier alpha value is -0.0800. The Bertz CT molecular complexity index is 265. The summed E-state index contributed by atoms with van der Waals surface area (Å²) < 4.78 is 0. The number of hydrogen-bond donors (Lipinski definition) is 1. The fourth-order valence-electron chi connectivity index (χ4n) is 3.68. The molecule has 0 radical (unpaired) electrons. The summed E-state index contributed by atoms with van der Waals surface area (Å²) in [7, 11) is 0. The lowest BCUT2D eigenvalue weighted by Gasteiger charge is -2.43. The van der Waals surface area contributed by atoms with Crippen LogP contribution in [-0.2, 0) is 0 Å². The van der Waals surface area contributed by atoms with E-state index in [2.05, 4.69) is 51.8 Å². The summed E-state index contributed by atoms with van der Waals surface area (Å²) in [5.41, 5.74) is 0.520. The van der Waals surface area contributed by atoms with Crippen molar-refractivity contribution in [2.24, 2.45) is 17.3 Å². The van der Waals surface area contributed by atoms with Crippen LogP contribution >= 0.6 is 0 Å². The van der Waals surface area contributed by atoms with Gasteiger partial charge < -0.3 is 10.2 Å². The van der Waals surface area contributed by atoms with E-state index in [9.17, 15) is 0 Å². The van der Waals surface area contributed by atoms with Crippen LogP contribution in [0.4, 0.5) is 0 Å². The molecule has 0 aliphatic heterocycles. The first-order valence-electron chi connectivity index (χ1n) is 9.29. The normalized spacial score (nSPS) is 19.1. The van der Waals surface area contributed by atoms with E-state index >= 15 is 0 Å². The molecule has 0 spiro atoms. The van der Waals surface area contributed by atoms with E-state index in [4.69, 9.17) is 0 Å². The minimum absolute atomic E-state index is 0.520. The molecule has 0 unspecified atom stereocenters. The van der Waals surface area contributed by atoms with Crippen LogP contribution in [0.5, 0.6) is 0 Å². The molecule has 0 bridgehead atoms. The second-order valence-corrected chi connectivity index (χ2v) is 8.50. The van der Waals surface area contributed by atoms with Gasteiger partial charge in [0.2, 0.25) is 0 Å². The molecule has 126 valence electrons. The van der Waals surface area contributed by atoms with Gasteiger partial charge in [-0.2, -0.15) is 0 Å². The summed E-state index contributed by atoms with van der Waals surface area (Å²) in [4.78, 5) is 2.73. The first-order chi connectivity index (χ1) is 9.84. The third kappa shape index (κ3) is 7.15. The maximum absolute atomic E-state index is 3.77. The molecule has 0 aromatic carbocycles. The van der Waals surface area contributed by atoms with Crippen LogP contribution in [0.1, 0.15) is 73.6 Å². The van der Waals surface area contributed by atoms with Crippen molar-refractivity contribution < 1.29 is 0 Å². The van der Waals surface area contributed by atoms with Crippen molar-refractivity contribution in [2.45, 2.75) is 79.7 Å². The summed E-state index contributed by atoms with van der Waals surface area (Å²) in [6.07, 6.45) is 7.13. The zero-order valence-electron chi connectivity index (χ0n) is 15.5. The molecule has 1 fully saturated rings. The average molecular weight is 297 g/mol. The van der Waals surface area contributed by atoms with Crippen LogP contribution in [0.3, 0.4) is 0 Å². The molecular weight excluding hydrogens is 256 g/mol. The van der Waals surface area contributed by atoms with Crippen molar-refractivity contribution >= 4 is 0 Å². The molecule has 0 aromatic rings. The minimum atomic E-state index is 0.520. The van der Waals surface area contributed by atoms with Crippen molar-refractivity contribution in [1.82, 2.24) is 10.2 Å². The molecule has 0 atom stereocenters. The lowest BCUT2D eigenvalue weighted by Crippen LogP contribution is -2.48. The summed E-state index contributed by atoms with van der Waals surface area (Å²) >= 11 is 0. The second-order valence-electron chi connectivity index (χ2n) is 8.50. The van der Waals surface area contributed by atoms with Crippen molar-refractivity contribution in [3.05, 3.63) is 0 Å². The minimum Gasteiger partial charge on any atom is -0.316 e. The van der Waals surface area contributed by atoms with E-state index in [1.54, 1.807) is 0 Å².